The van der Waals surface area contributed by atoms with Crippen molar-refractivity contribution in [1.29, 1.82) is 5.26 Å². The minimum Gasteiger partial charge on any atom is -0.452 e. The van der Waals surface area contributed by atoms with Gasteiger partial charge in [0.1, 0.15) is 0 Å². The Morgan fingerprint density at radius 1 is 0.962 bits per heavy atom. The molecule has 0 aliphatic carbocycles. The van der Waals surface area contributed by atoms with Gasteiger partial charge in [-0.15, -0.1) is 0 Å². The van der Waals surface area contributed by atoms with E-state index in [1.807, 2.05) is 30.3 Å². The van der Waals surface area contributed by atoms with E-state index in [-0.39, 0.29) is 6.61 Å². The van der Waals surface area contributed by atoms with E-state index in [1.54, 1.807) is 36.4 Å². The second-order valence-corrected chi connectivity index (χ2v) is 5.68. The van der Waals surface area contributed by atoms with Crippen molar-refractivity contribution < 1.29 is 14.3 Å². The molecular weight excluding hydrogens is 328 g/mol. The summed E-state index contributed by atoms with van der Waals surface area (Å²) >= 11 is 0. The molecular formula is C21H16N2O3. The molecule has 0 spiro atoms. The van der Waals surface area contributed by atoms with Gasteiger partial charge in [0.15, 0.2) is 6.61 Å². The van der Waals surface area contributed by atoms with Crippen LogP contribution < -0.4 is 5.32 Å². The Morgan fingerprint density at radius 2 is 1.69 bits per heavy atom. The Hall–Kier alpha value is -3.65. The van der Waals surface area contributed by atoms with Crippen LogP contribution in [0.3, 0.4) is 0 Å². The number of nitriles is 1. The van der Waals surface area contributed by atoms with E-state index in [1.165, 1.54) is 0 Å². The lowest BCUT2D eigenvalue weighted by atomic mass is 10.1. The fraction of sp³-hybridized carbons (Fsp3) is 0.0952. The van der Waals surface area contributed by atoms with Crippen molar-refractivity contribution >= 4 is 28.3 Å². The zero-order valence-electron chi connectivity index (χ0n) is 13.9. The second-order valence-electron chi connectivity index (χ2n) is 5.68. The van der Waals surface area contributed by atoms with Gasteiger partial charge in [0.2, 0.25) is 0 Å². The SMILES string of the molecule is N#CCc1ccc(NC(=O)COC(=O)c2cccc3ccccc23)cc1. The van der Waals surface area contributed by atoms with Crippen LogP contribution in [0.15, 0.2) is 66.7 Å². The van der Waals surface area contributed by atoms with Gasteiger partial charge in [-0.3, -0.25) is 4.79 Å². The molecule has 0 heterocycles. The van der Waals surface area contributed by atoms with Gasteiger partial charge in [-0.2, -0.15) is 5.26 Å². The van der Waals surface area contributed by atoms with Crippen molar-refractivity contribution in [3.8, 4) is 6.07 Å². The number of benzene rings is 3. The highest BCUT2D eigenvalue weighted by atomic mass is 16.5. The monoisotopic (exact) mass is 344 g/mol. The highest BCUT2D eigenvalue weighted by Gasteiger charge is 2.13. The van der Waals surface area contributed by atoms with Crippen molar-refractivity contribution in [2.45, 2.75) is 6.42 Å². The first-order valence-electron chi connectivity index (χ1n) is 8.08. The van der Waals surface area contributed by atoms with Crippen molar-refractivity contribution in [1.82, 2.24) is 0 Å². The lowest BCUT2D eigenvalue weighted by Crippen LogP contribution is -2.21. The third-order valence-corrected chi connectivity index (χ3v) is 3.86. The third kappa shape index (κ3) is 4.05. The summed E-state index contributed by atoms with van der Waals surface area (Å²) in [5, 5.41) is 13.0. The molecule has 128 valence electrons. The first-order chi connectivity index (χ1) is 12.7. The van der Waals surface area contributed by atoms with Crippen LogP contribution in [-0.4, -0.2) is 18.5 Å². The molecule has 0 saturated heterocycles. The molecule has 3 aromatic rings. The van der Waals surface area contributed by atoms with E-state index in [0.29, 0.717) is 17.7 Å². The topological polar surface area (TPSA) is 79.2 Å². The molecule has 0 fully saturated rings. The van der Waals surface area contributed by atoms with Crippen LogP contribution in [0, 0.1) is 11.3 Å². The smallest absolute Gasteiger partial charge is 0.339 e. The summed E-state index contributed by atoms with van der Waals surface area (Å²) < 4.78 is 5.14. The van der Waals surface area contributed by atoms with Gasteiger partial charge in [0.05, 0.1) is 18.1 Å². The highest BCUT2D eigenvalue weighted by Crippen LogP contribution is 2.19. The molecule has 0 radical (unpaired) electrons. The van der Waals surface area contributed by atoms with Gasteiger partial charge in [-0.05, 0) is 34.5 Å². The number of carbonyl (C=O) groups is 2. The Kier molecular flexibility index (Phi) is 5.25. The number of hydrogen-bond acceptors (Lipinski definition) is 4. The highest BCUT2D eigenvalue weighted by molar-refractivity contribution is 6.05. The van der Waals surface area contributed by atoms with Crippen LogP contribution in [0.2, 0.25) is 0 Å². The van der Waals surface area contributed by atoms with Crippen LogP contribution >= 0.6 is 0 Å². The number of carbonyl (C=O) groups excluding carboxylic acids is 2. The fourth-order valence-electron chi connectivity index (χ4n) is 2.61. The molecule has 26 heavy (non-hydrogen) atoms. The van der Waals surface area contributed by atoms with Crippen LogP contribution in [0.1, 0.15) is 15.9 Å². The minimum atomic E-state index is -0.540. The van der Waals surface area contributed by atoms with E-state index in [0.717, 1.165) is 16.3 Å². The van der Waals surface area contributed by atoms with Gasteiger partial charge < -0.3 is 10.1 Å². The Labute approximate surface area is 150 Å². The molecule has 0 atom stereocenters. The lowest BCUT2D eigenvalue weighted by Gasteiger charge is -2.08. The lowest BCUT2D eigenvalue weighted by molar-refractivity contribution is -0.119. The number of rotatable bonds is 5. The van der Waals surface area contributed by atoms with Gasteiger partial charge in [-0.25, -0.2) is 4.79 Å². The molecule has 5 nitrogen and oxygen atoms in total. The Bertz CT molecular complexity index is 983. The Morgan fingerprint density at radius 3 is 2.46 bits per heavy atom. The summed E-state index contributed by atoms with van der Waals surface area (Å²) in [4.78, 5) is 24.3. The van der Waals surface area contributed by atoms with Crippen molar-refractivity contribution in [2.75, 3.05) is 11.9 Å². The quantitative estimate of drug-likeness (QED) is 0.716. The van der Waals surface area contributed by atoms with Crippen LogP contribution in [0.25, 0.3) is 10.8 Å². The molecule has 0 aromatic heterocycles. The maximum atomic E-state index is 12.3. The number of anilines is 1. The summed E-state index contributed by atoms with van der Waals surface area (Å²) in [6, 6.07) is 21.9. The van der Waals surface area contributed by atoms with Gasteiger partial charge in [-0.1, -0.05) is 48.5 Å². The number of nitrogens with zero attached hydrogens (tertiary/aromatic N) is 1. The number of esters is 1. The van der Waals surface area contributed by atoms with Crippen LogP contribution in [0.4, 0.5) is 5.69 Å². The second kappa shape index (κ2) is 7.95. The molecule has 0 saturated carbocycles. The fourth-order valence-corrected chi connectivity index (χ4v) is 2.61. The molecule has 1 amide bonds. The number of nitrogens with one attached hydrogen (secondary N) is 1. The van der Waals surface area contributed by atoms with E-state index >= 15 is 0 Å². The van der Waals surface area contributed by atoms with Gasteiger partial charge in [0.25, 0.3) is 5.91 Å². The summed E-state index contributed by atoms with van der Waals surface area (Å²) in [6.07, 6.45) is 0.316. The molecule has 5 heteroatoms. The third-order valence-electron chi connectivity index (χ3n) is 3.86. The number of amides is 1. The molecule has 0 aliphatic heterocycles. The number of fused-ring (bicyclic) bond motifs is 1. The maximum absolute atomic E-state index is 12.3. The van der Waals surface area contributed by atoms with Gasteiger partial charge in [0, 0.05) is 5.69 Å². The summed E-state index contributed by atoms with van der Waals surface area (Å²) in [6.45, 7) is -0.373. The van der Waals surface area contributed by atoms with E-state index in [2.05, 4.69) is 11.4 Å². The van der Waals surface area contributed by atoms with Crippen molar-refractivity contribution in [2.24, 2.45) is 0 Å². The normalized spacial score (nSPS) is 10.1. The maximum Gasteiger partial charge on any atom is 0.339 e. The van der Waals surface area contributed by atoms with Crippen molar-refractivity contribution in [3.63, 3.8) is 0 Å². The average Bonchev–Trinajstić information content (AvgIpc) is 2.67. The van der Waals surface area contributed by atoms with E-state index < -0.39 is 11.9 Å². The first-order valence-corrected chi connectivity index (χ1v) is 8.08. The first kappa shape index (κ1) is 17.2. The summed E-state index contributed by atoms with van der Waals surface area (Å²) in [5.74, 6) is -0.965. The molecule has 3 aromatic carbocycles. The summed E-state index contributed by atoms with van der Waals surface area (Å²) in [7, 11) is 0. The van der Waals surface area contributed by atoms with Gasteiger partial charge >= 0.3 is 5.97 Å². The van der Waals surface area contributed by atoms with Crippen molar-refractivity contribution in [3.05, 3.63) is 77.9 Å². The predicted molar refractivity (Wildman–Crippen MR) is 98.6 cm³/mol. The largest absolute Gasteiger partial charge is 0.452 e. The molecule has 1 N–H and O–H groups in total. The summed E-state index contributed by atoms with van der Waals surface area (Å²) in [5.41, 5.74) is 1.88. The molecule has 3 rings (SSSR count). The van der Waals surface area contributed by atoms with Crippen LogP contribution in [-0.2, 0) is 16.0 Å². The average molecular weight is 344 g/mol. The number of ether oxygens (including phenoxy) is 1. The van der Waals surface area contributed by atoms with Crippen LogP contribution in [0.5, 0.6) is 0 Å². The minimum absolute atomic E-state index is 0.316. The Balaban J connectivity index is 1.60. The van der Waals surface area contributed by atoms with E-state index in [9.17, 15) is 9.59 Å². The molecule has 0 aliphatic rings. The number of hydrogen-bond donors (Lipinski definition) is 1. The molecule has 0 bridgehead atoms. The molecule has 0 unspecified atom stereocenters. The zero-order chi connectivity index (χ0) is 18.4. The standard InChI is InChI=1S/C21H16N2O3/c22-13-12-15-8-10-17(11-9-15)23-20(24)14-26-21(25)19-7-3-5-16-4-1-2-6-18(16)19/h1-11H,12,14H2,(H,23,24). The zero-order valence-corrected chi connectivity index (χ0v) is 13.9. The predicted octanol–water partition coefficient (Wildman–Crippen LogP) is 3.70. The van der Waals surface area contributed by atoms with E-state index in [4.69, 9.17) is 10.00 Å².